The van der Waals surface area contributed by atoms with E-state index < -0.39 is 0 Å². The Balaban J connectivity index is 0. The Hall–Kier alpha value is 0.532. The first-order chi connectivity index (χ1) is 4.91. The van der Waals surface area contributed by atoms with E-state index in [1.807, 2.05) is 0 Å². The molecule has 10 heavy (non-hydrogen) atoms. The third kappa shape index (κ3) is 8.53. The lowest BCUT2D eigenvalue weighted by Gasteiger charge is -1.97. The molecule has 0 saturated carbocycles. The van der Waals surface area contributed by atoms with Gasteiger partial charge in [0.15, 0.2) is 0 Å². The van der Waals surface area contributed by atoms with Gasteiger partial charge in [0.25, 0.3) is 0 Å². The predicted molar refractivity (Wildman–Crippen MR) is 53.5 cm³/mol. The molecule has 0 saturated heterocycles. The smallest absolute Gasteiger partial charge is 0.101 e. The van der Waals surface area contributed by atoms with Crippen LogP contribution in [0.15, 0.2) is 0 Å². The Morgan fingerprint density at radius 1 is 0.900 bits per heavy atom. The Bertz CT molecular complexity index is 49.5. The molecule has 0 aliphatic heterocycles. The largest absolute Gasteiger partial charge is 0.211 e. The molecule has 0 aliphatic carbocycles. The lowest BCUT2D eigenvalue weighted by molar-refractivity contribution is 0.602. The SMILES string of the molecule is CCCCCCCC[CH2][AlH2].[HH]. The van der Waals surface area contributed by atoms with Crippen molar-refractivity contribution in [3.63, 3.8) is 0 Å². The van der Waals surface area contributed by atoms with Crippen LogP contribution in [0.4, 0.5) is 0 Å². The standard InChI is InChI=1S/C9H19.Al.H2.2H/c1-3-5-7-9-8-6-4-2;;;;/h1,3-9H2,2H3;;1H;;. The lowest BCUT2D eigenvalue weighted by Crippen LogP contribution is -1.78. The van der Waals surface area contributed by atoms with E-state index in [0.29, 0.717) is 0 Å². The van der Waals surface area contributed by atoms with E-state index in [1.54, 1.807) is 0 Å². The molecule has 1 heteroatoms. The fourth-order valence-corrected chi connectivity index (χ4v) is 1.71. The quantitative estimate of drug-likeness (QED) is 0.394. The van der Waals surface area contributed by atoms with Crippen LogP contribution >= 0.6 is 0 Å². The van der Waals surface area contributed by atoms with Crippen LogP contribution in [0.5, 0.6) is 0 Å². The van der Waals surface area contributed by atoms with Gasteiger partial charge < -0.3 is 0 Å². The zero-order chi connectivity index (χ0) is 7.66. The summed E-state index contributed by atoms with van der Waals surface area (Å²) >= 11 is 1.41. The molecule has 0 aromatic heterocycles. The second-order valence-electron chi connectivity index (χ2n) is 3.12. The van der Waals surface area contributed by atoms with Crippen molar-refractivity contribution in [3.8, 4) is 0 Å². The highest BCUT2D eigenvalue weighted by Crippen LogP contribution is 2.07. The third-order valence-corrected chi connectivity index (χ3v) is 2.66. The van der Waals surface area contributed by atoms with Gasteiger partial charge in [-0.2, -0.15) is 0 Å². The maximum atomic E-state index is 2.28. The van der Waals surface area contributed by atoms with Gasteiger partial charge in [-0.25, -0.2) is 0 Å². The van der Waals surface area contributed by atoms with Crippen molar-refractivity contribution in [3.05, 3.63) is 0 Å². The maximum absolute atomic E-state index is 2.28. The molecule has 0 radical (unpaired) electrons. The van der Waals surface area contributed by atoms with Crippen molar-refractivity contribution in [2.45, 2.75) is 57.2 Å². The molecule has 0 fully saturated rings. The first kappa shape index (κ1) is 10.5. The van der Waals surface area contributed by atoms with E-state index in [1.165, 1.54) is 66.5 Å². The lowest BCUT2D eigenvalue weighted by atomic mass is 10.1. The zero-order valence-electron chi connectivity index (χ0n) is 7.66. The molecule has 0 aliphatic rings. The van der Waals surface area contributed by atoms with E-state index in [9.17, 15) is 0 Å². The fourth-order valence-electron chi connectivity index (χ4n) is 1.21. The highest BCUT2D eigenvalue weighted by molar-refractivity contribution is 6.08. The highest BCUT2D eigenvalue weighted by atomic mass is 27.0. The topological polar surface area (TPSA) is 0 Å². The summed E-state index contributed by atoms with van der Waals surface area (Å²) in [6.45, 7) is 2.28. The highest BCUT2D eigenvalue weighted by Gasteiger charge is 1.87. The summed E-state index contributed by atoms with van der Waals surface area (Å²) < 4.78 is 0. The summed E-state index contributed by atoms with van der Waals surface area (Å²) in [5.41, 5.74) is 0. The molecule has 0 spiro atoms. The molecule has 0 nitrogen and oxygen atoms in total. The molecule has 0 atom stereocenters. The minimum absolute atomic E-state index is 0. The molecular weight excluding hydrogens is 135 g/mol. The van der Waals surface area contributed by atoms with Crippen molar-refractivity contribution in [2.24, 2.45) is 0 Å². The number of rotatable bonds is 7. The van der Waals surface area contributed by atoms with Gasteiger partial charge in [-0.1, -0.05) is 51.9 Å². The predicted octanol–water partition coefficient (Wildman–Crippen LogP) is 3.03. The monoisotopic (exact) mass is 158 g/mol. The molecule has 0 aromatic rings. The van der Waals surface area contributed by atoms with Crippen LogP contribution in [0.1, 0.15) is 53.3 Å². The molecule has 0 heterocycles. The van der Waals surface area contributed by atoms with Crippen molar-refractivity contribution in [1.82, 2.24) is 0 Å². The van der Waals surface area contributed by atoms with Crippen LogP contribution in [0, 0.1) is 0 Å². The van der Waals surface area contributed by atoms with E-state index in [2.05, 4.69) is 6.92 Å². The molecule has 0 amide bonds. The molecule has 62 valence electrons. The molecule has 0 unspecified atom stereocenters. The van der Waals surface area contributed by atoms with Crippen LogP contribution in [-0.4, -0.2) is 16.3 Å². The van der Waals surface area contributed by atoms with Crippen molar-refractivity contribution in [1.29, 1.82) is 0 Å². The molecule has 0 bridgehead atoms. The van der Waals surface area contributed by atoms with Gasteiger partial charge in [0.2, 0.25) is 16.3 Å². The molecule has 0 N–H and O–H groups in total. The van der Waals surface area contributed by atoms with E-state index in [4.69, 9.17) is 0 Å². The van der Waals surface area contributed by atoms with Crippen LogP contribution in [0.25, 0.3) is 0 Å². The van der Waals surface area contributed by atoms with Gasteiger partial charge >= 0.3 is 0 Å². The summed E-state index contributed by atoms with van der Waals surface area (Å²) in [6.07, 6.45) is 10.3. The van der Waals surface area contributed by atoms with Crippen LogP contribution in [0.3, 0.4) is 0 Å². The van der Waals surface area contributed by atoms with Crippen molar-refractivity contribution in [2.75, 3.05) is 0 Å². The van der Waals surface area contributed by atoms with Gasteiger partial charge in [0.1, 0.15) is 0 Å². The number of unbranched alkanes of at least 4 members (excludes halogenated alkanes) is 6. The summed E-state index contributed by atoms with van der Waals surface area (Å²) in [5.74, 6) is 0. The summed E-state index contributed by atoms with van der Waals surface area (Å²) in [7, 11) is 0. The van der Waals surface area contributed by atoms with Gasteiger partial charge in [-0.3, -0.25) is 0 Å². The fraction of sp³-hybridized carbons (Fsp3) is 1.00. The summed E-state index contributed by atoms with van der Waals surface area (Å²) in [4.78, 5) is 0. The number of hydrogen-bond donors (Lipinski definition) is 0. The molecular formula is C9H23Al. The van der Waals surface area contributed by atoms with Gasteiger partial charge in [0, 0.05) is 1.43 Å². The summed E-state index contributed by atoms with van der Waals surface area (Å²) in [6, 6.07) is 0. The minimum atomic E-state index is 0. The average molecular weight is 158 g/mol. The van der Waals surface area contributed by atoms with Crippen LogP contribution in [-0.2, 0) is 0 Å². The van der Waals surface area contributed by atoms with E-state index in [-0.39, 0.29) is 1.43 Å². The second-order valence-corrected chi connectivity index (χ2v) is 4.12. The van der Waals surface area contributed by atoms with E-state index in [0.717, 1.165) is 0 Å². The Morgan fingerprint density at radius 2 is 1.40 bits per heavy atom. The van der Waals surface area contributed by atoms with Gasteiger partial charge in [-0.15, -0.1) is 5.28 Å². The summed E-state index contributed by atoms with van der Waals surface area (Å²) in [5, 5.41) is 1.51. The van der Waals surface area contributed by atoms with Gasteiger partial charge in [0.05, 0.1) is 0 Å². The first-order valence-corrected chi connectivity index (χ1v) is 6.33. The minimum Gasteiger partial charge on any atom is -0.101 e. The number of hydrogen-bond acceptors (Lipinski definition) is 0. The molecule has 0 rings (SSSR count). The maximum Gasteiger partial charge on any atom is 0.211 e. The molecule has 0 aromatic carbocycles. The van der Waals surface area contributed by atoms with Gasteiger partial charge in [-0.05, 0) is 0 Å². The van der Waals surface area contributed by atoms with Crippen LogP contribution in [0.2, 0.25) is 5.28 Å². The zero-order valence-corrected chi connectivity index (χ0v) is 9.66. The Morgan fingerprint density at radius 3 is 1.90 bits per heavy atom. The Kier molecular flexibility index (Phi) is 10.0. The normalized spacial score (nSPS) is 10.1. The van der Waals surface area contributed by atoms with Crippen molar-refractivity contribution >= 4 is 16.3 Å². The second kappa shape index (κ2) is 9.53. The third-order valence-electron chi connectivity index (χ3n) is 1.96. The van der Waals surface area contributed by atoms with E-state index >= 15 is 0 Å². The first-order valence-electron chi connectivity index (χ1n) is 4.91. The van der Waals surface area contributed by atoms with Crippen molar-refractivity contribution < 1.29 is 1.43 Å². The Labute approximate surface area is 75.3 Å². The van der Waals surface area contributed by atoms with Crippen LogP contribution < -0.4 is 0 Å². The average Bonchev–Trinajstić information content (AvgIpc) is 1.97.